The van der Waals surface area contributed by atoms with Crippen LogP contribution in [0.4, 0.5) is 10.1 Å². The van der Waals surface area contributed by atoms with Crippen molar-refractivity contribution in [1.82, 2.24) is 0 Å². The first-order valence-corrected chi connectivity index (χ1v) is 7.16. The zero-order valence-electron chi connectivity index (χ0n) is 12.1. The third-order valence-electron chi connectivity index (χ3n) is 3.52. The first kappa shape index (κ1) is 15.5. The molecule has 1 N–H and O–H groups in total. The highest BCUT2D eigenvalue weighted by Gasteiger charge is 2.19. The van der Waals surface area contributed by atoms with Crippen LogP contribution in [0.1, 0.15) is 25.3 Å². The van der Waals surface area contributed by atoms with Gasteiger partial charge in [-0.15, -0.1) is 0 Å². The summed E-state index contributed by atoms with van der Waals surface area (Å²) in [6.07, 6.45) is 4.69. The molecular formula is C16H20FNO3. The number of anilines is 1. The van der Waals surface area contributed by atoms with Crippen LogP contribution < -0.4 is 4.90 Å². The van der Waals surface area contributed by atoms with E-state index in [1.54, 1.807) is 6.07 Å². The zero-order chi connectivity index (χ0) is 15.2. The summed E-state index contributed by atoms with van der Waals surface area (Å²) in [5.74, 6) is -1.42. The predicted octanol–water partition coefficient (Wildman–Crippen LogP) is 2.93. The van der Waals surface area contributed by atoms with Gasteiger partial charge in [0.2, 0.25) is 0 Å². The van der Waals surface area contributed by atoms with E-state index in [2.05, 4.69) is 4.90 Å². The quantitative estimate of drug-likeness (QED) is 0.819. The van der Waals surface area contributed by atoms with Crippen molar-refractivity contribution in [3.63, 3.8) is 0 Å². The van der Waals surface area contributed by atoms with Crippen LogP contribution in [0.5, 0.6) is 0 Å². The number of halogens is 1. The Labute approximate surface area is 123 Å². The minimum atomic E-state index is -1.05. The molecule has 1 saturated heterocycles. The van der Waals surface area contributed by atoms with E-state index in [1.165, 1.54) is 18.2 Å². The van der Waals surface area contributed by atoms with Gasteiger partial charge in [-0.05, 0) is 49.6 Å². The maximum absolute atomic E-state index is 13.7. The fraction of sp³-hybridized carbons (Fsp3) is 0.438. The molecule has 1 aliphatic rings. The molecule has 0 saturated carbocycles. The molecule has 1 aromatic rings. The molecule has 0 aromatic heterocycles. The number of aliphatic carboxylic acids is 1. The number of likely N-dealkylation sites (N-methyl/N-ethyl adjacent to an activating group) is 1. The van der Waals surface area contributed by atoms with Crippen LogP contribution in [-0.2, 0) is 9.53 Å². The van der Waals surface area contributed by atoms with Gasteiger partial charge in [0.15, 0.2) is 0 Å². The van der Waals surface area contributed by atoms with E-state index < -0.39 is 5.97 Å². The van der Waals surface area contributed by atoms with Gasteiger partial charge >= 0.3 is 5.97 Å². The van der Waals surface area contributed by atoms with Gasteiger partial charge in [-0.2, -0.15) is 0 Å². The Balaban J connectivity index is 2.17. The van der Waals surface area contributed by atoms with Gasteiger partial charge in [-0.3, -0.25) is 0 Å². The Kier molecular flexibility index (Phi) is 5.33. The van der Waals surface area contributed by atoms with Crippen molar-refractivity contribution in [2.24, 2.45) is 0 Å². The van der Waals surface area contributed by atoms with Gasteiger partial charge in [-0.1, -0.05) is 0 Å². The minimum Gasteiger partial charge on any atom is -0.478 e. The number of rotatable bonds is 6. The summed E-state index contributed by atoms with van der Waals surface area (Å²) in [5, 5.41) is 8.65. The maximum Gasteiger partial charge on any atom is 0.328 e. The third-order valence-corrected chi connectivity index (χ3v) is 3.52. The van der Waals surface area contributed by atoms with Crippen LogP contribution in [0, 0.1) is 5.82 Å². The van der Waals surface area contributed by atoms with Crippen LogP contribution in [-0.4, -0.2) is 36.9 Å². The van der Waals surface area contributed by atoms with Gasteiger partial charge < -0.3 is 14.7 Å². The average Bonchev–Trinajstić information content (AvgIpc) is 2.95. The monoisotopic (exact) mass is 293 g/mol. The standard InChI is InChI=1S/C16H20FNO3/c1-2-18(11-15-4-3-7-21-15)14-9-12(5-6-16(19)20)8-13(17)10-14/h5-6,8-10,15H,2-4,7,11H2,1H3,(H,19,20)/b6-5+. The van der Waals surface area contributed by atoms with E-state index >= 15 is 0 Å². The second kappa shape index (κ2) is 7.22. The smallest absolute Gasteiger partial charge is 0.328 e. The predicted molar refractivity (Wildman–Crippen MR) is 79.9 cm³/mol. The molecule has 5 heteroatoms. The summed E-state index contributed by atoms with van der Waals surface area (Å²) >= 11 is 0. The van der Waals surface area contributed by atoms with Crippen molar-refractivity contribution in [3.8, 4) is 0 Å². The molecule has 2 rings (SSSR count). The van der Waals surface area contributed by atoms with E-state index in [0.29, 0.717) is 5.56 Å². The molecule has 1 atom stereocenters. The summed E-state index contributed by atoms with van der Waals surface area (Å²) in [4.78, 5) is 12.6. The Morgan fingerprint density at radius 2 is 2.33 bits per heavy atom. The molecule has 114 valence electrons. The molecule has 21 heavy (non-hydrogen) atoms. The van der Waals surface area contributed by atoms with Crippen LogP contribution >= 0.6 is 0 Å². The van der Waals surface area contributed by atoms with Gasteiger partial charge in [0, 0.05) is 31.5 Å². The van der Waals surface area contributed by atoms with Gasteiger partial charge in [0.05, 0.1) is 6.10 Å². The van der Waals surface area contributed by atoms with Gasteiger partial charge in [0.1, 0.15) is 5.82 Å². The Morgan fingerprint density at radius 3 is 2.95 bits per heavy atom. The van der Waals surface area contributed by atoms with Gasteiger partial charge in [0.25, 0.3) is 0 Å². The normalized spacial score (nSPS) is 18.3. The van der Waals surface area contributed by atoms with Crippen LogP contribution in [0.15, 0.2) is 24.3 Å². The summed E-state index contributed by atoms with van der Waals surface area (Å²) in [5.41, 5.74) is 1.29. The lowest BCUT2D eigenvalue weighted by molar-refractivity contribution is -0.131. The second-order valence-electron chi connectivity index (χ2n) is 5.09. The van der Waals surface area contributed by atoms with Crippen LogP contribution in [0.3, 0.4) is 0 Å². The number of benzene rings is 1. The molecule has 0 radical (unpaired) electrons. The summed E-state index contributed by atoms with van der Waals surface area (Å²) < 4.78 is 19.3. The maximum atomic E-state index is 13.7. The molecule has 0 amide bonds. The highest BCUT2D eigenvalue weighted by Crippen LogP contribution is 2.22. The molecule has 0 bridgehead atoms. The first-order chi connectivity index (χ1) is 10.1. The lowest BCUT2D eigenvalue weighted by atomic mass is 10.1. The largest absolute Gasteiger partial charge is 0.478 e. The number of hydrogen-bond donors (Lipinski definition) is 1. The molecule has 1 heterocycles. The topological polar surface area (TPSA) is 49.8 Å². The summed E-state index contributed by atoms with van der Waals surface area (Å²) in [6, 6.07) is 4.58. The average molecular weight is 293 g/mol. The SMILES string of the molecule is CCN(CC1CCCO1)c1cc(F)cc(/C=C/C(=O)O)c1. The van der Waals surface area contributed by atoms with E-state index in [1.807, 2.05) is 6.92 Å². The van der Waals surface area contributed by atoms with E-state index in [4.69, 9.17) is 9.84 Å². The molecule has 0 aliphatic carbocycles. The van der Waals surface area contributed by atoms with Crippen LogP contribution in [0.25, 0.3) is 6.08 Å². The van der Waals surface area contributed by atoms with E-state index in [9.17, 15) is 9.18 Å². The number of carboxylic acid groups (broad SMARTS) is 1. The number of hydrogen-bond acceptors (Lipinski definition) is 3. The van der Waals surface area contributed by atoms with E-state index in [-0.39, 0.29) is 11.9 Å². The Hall–Kier alpha value is -1.88. The van der Waals surface area contributed by atoms with Crippen LogP contribution in [0.2, 0.25) is 0 Å². The minimum absolute atomic E-state index is 0.186. The number of nitrogens with zero attached hydrogens (tertiary/aromatic N) is 1. The Bertz CT molecular complexity index is 524. The van der Waals surface area contributed by atoms with Crippen molar-refractivity contribution in [3.05, 3.63) is 35.7 Å². The Morgan fingerprint density at radius 1 is 1.52 bits per heavy atom. The molecular weight excluding hydrogens is 273 g/mol. The molecule has 4 nitrogen and oxygen atoms in total. The fourth-order valence-corrected chi connectivity index (χ4v) is 2.49. The number of ether oxygens (including phenoxy) is 1. The van der Waals surface area contributed by atoms with Gasteiger partial charge in [-0.25, -0.2) is 9.18 Å². The highest BCUT2D eigenvalue weighted by atomic mass is 19.1. The molecule has 1 aromatic carbocycles. The second-order valence-corrected chi connectivity index (χ2v) is 5.09. The number of carbonyl (C=O) groups is 1. The third kappa shape index (κ3) is 4.56. The molecule has 0 spiro atoms. The van der Waals surface area contributed by atoms with Crippen molar-refractivity contribution in [1.29, 1.82) is 0 Å². The zero-order valence-corrected chi connectivity index (χ0v) is 12.1. The van der Waals surface area contributed by atoms with Crippen molar-refractivity contribution in [2.75, 3.05) is 24.6 Å². The summed E-state index contributed by atoms with van der Waals surface area (Å²) in [6.45, 7) is 4.26. The van der Waals surface area contributed by atoms with Crippen molar-refractivity contribution in [2.45, 2.75) is 25.9 Å². The summed E-state index contributed by atoms with van der Waals surface area (Å²) in [7, 11) is 0. The fourth-order valence-electron chi connectivity index (χ4n) is 2.49. The van der Waals surface area contributed by atoms with Crippen molar-refractivity contribution < 1.29 is 19.0 Å². The molecule has 1 fully saturated rings. The molecule has 1 aliphatic heterocycles. The first-order valence-electron chi connectivity index (χ1n) is 7.16. The highest BCUT2D eigenvalue weighted by molar-refractivity contribution is 5.85. The molecule has 1 unspecified atom stereocenters. The lowest BCUT2D eigenvalue weighted by Gasteiger charge is -2.26. The van der Waals surface area contributed by atoms with Crippen molar-refractivity contribution >= 4 is 17.7 Å². The van der Waals surface area contributed by atoms with E-state index in [0.717, 1.165) is 44.3 Å². The number of carboxylic acids is 1. The lowest BCUT2D eigenvalue weighted by Crippen LogP contribution is -2.32.